The number of nitrogens with one attached hydrogen (secondary N) is 2. The van der Waals surface area contributed by atoms with E-state index in [1.165, 1.54) is 17.8 Å². The molecule has 1 fully saturated rings. The second-order valence-corrected chi connectivity index (χ2v) is 8.83. The molecular weight excluding hydrogens is 448 g/mol. The van der Waals surface area contributed by atoms with E-state index < -0.39 is 6.16 Å². The highest BCUT2D eigenvalue weighted by molar-refractivity contribution is 7.16. The van der Waals surface area contributed by atoms with Gasteiger partial charge in [0.25, 0.3) is 5.91 Å². The zero-order valence-electron chi connectivity index (χ0n) is 19.0. The Hall–Kier alpha value is -3.27. The van der Waals surface area contributed by atoms with Gasteiger partial charge in [-0.1, -0.05) is 25.3 Å². The lowest BCUT2D eigenvalue weighted by Gasteiger charge is -2.20. The normalized spacial score (nSPS) is 13.3. The first-order valence-corrected chi connectivity index (χ1v) is 11.4. The predicted octanol–water partition coefficient (Wildman–Crippen LogP) is 4.74. The van der Waals surface area contributed by atoms with Crippen molar-refractivity contribution in [3.8, 4) is 11.5 Å². The van der Waals surface area contributed by atoms with Crippen LogP contribution >= 0.6 is 11.3 Å². The van der Waals surface area contributed by atoms with Crippen molar-refractivity contribution in [1.29, 1.82) is 0 Å². The van der Waals surface area contributed by atoms with E-state index in [9.17, 15) is 9.59 Å². The number of ether oxygens (including phenoxy) is 2. The first-order valence-electron chi connectivity index (χ1n) is 10.6. The number of carbonyl (C=O) groups excluding carboxylic acids is 2. The van der Waals surface area contributed by atoms with Gasteiger partial charge in [0, 0.05) is 17.3 Å². The lowest BCUT2D eigenvalue weighted by molar-refractivity contribution is -0.120. The zero-order chi connectivity index (χ0) is 24.4. The molecular formula is C23H30N2O7S. The highest BCUT2D eigenvalue weighted by atomic mass is 32.1. The monoisotopic (exact) mass is 478 g/mol. The Labute approximate surface area is 196 Å². The molecule has 0 unspecified atom stereocenters. The molecule has 3 rings (SSSR count). The average Bonchev–Trinajstić information content (AvgIpc) is 3.17. The molecule has 0 atom stereocenters. The molecule has 33 heavy (non-hydrogen) atoms. The fourth-order valence-corrected chi connectivity index (χ4v) is 4.53. The molecule has 180 valence electrons. The van der Waals surface area contributed by atoms with Crippen LogP contribution in [0.1, 0.15) is 52.9 Å². The number of aryl methyl sites for hydroxylation is 1. The summed E-state index contributed by atoms with van der Waals surface area (Å²) >= 11 is 1.44. The lowest BCUT2D eigenvalue weighted by Crippen LogP contribution is -2.27. The van der Waals surface area contributed by atoms with Crippen LogP contribution < -0.4 is 20.1 Å². The number of amides is 2. The first kappa shape index (κ1) is 26.0. The molecule has 9 nitrogen and oxygen atoms in total. The van der Waals surface area contributed by atoms with Gasteiger partial charge in [-0.05, 0) is 43.5 Å². The second-order valence-electron chi connectivity index (χ2n) is 7.58. The van der Waals surface area contributed by atoms with Crippen LogP contribution in [0.5, 0.6) is 11.5 Å². The third kappa shape index (κ3) is 7.98. The topological polar surface area (TPSA) is 134 Å². The number of anilines is 1. The van der Waals surface area contributed by atoms with Crippen molar-refractivity contribution in [2.24, 2.45) is 5.92 Å². The Kier molecular flexibility index (Phi) is 9.99. The molecule has 1 aromatic heterocycles. The summed E-state index contributed by atoms with van der Waals surface area (Å²) in [4.78, 5) is 34.9. The van der Waals surface area contributed by atoms with Crippen LogP contribution in [0.4, 0.5) is 9.80 Å². The third-order valence-electron chi connectivity index (χ3n) is 5.21. The minimum absolute atomic E-state index is 0.0282. The quantitative estimate of drug-likeness (QED) is 0.451. The van der Waals surface area contributed by atoms with Crippen molar-refractivity contribution in [3.05, 3.63) is 40.3 Å². The van der Waals surface area contributed by atoms with Crippen molar-refractivity contribution in [1.82, 2.24) is 5.32 Å². The second kappa shape index (κ2) is 12.7. The van der Waals surface area contributed by atoms with Crippen LogP contribution in [0.15, 0.2) is 24.3 Å². The van der Waals surface area contributed by atoms with E-state index in [2.05, 4.69) is 10.6 Å². The van der Waals surface area contributed by atoms with Gasteiger partial charge >= 0.3 is 6.16 Å². The van der Waals surface area contributed by atoms with E-state index in [0.29, 0.717) is 28.6 Å². The summed E-state index contributed by atoms with van der Waals surface area (Å²) in [6.07, 6.45) is 3.42. The summed E-state index contributed by atoms with van der Waals surface area (Å²) in [5.41, 5.74) is 1.41. The fraction of sp³-hybridized carbons (Fsp3) is 0.435. The summed E-state index contributed by atoms with van der Waals surface area (Å²) in [5, 5.41) is 20.5. The maximum atomic E-state index is 12.8. The van der Waals surface area contributed by atoms with Crippen molar-refractivity contribution >= 4 is 34.3 Å². The molecule has 10 heteroatoms. The number of hydrogen-bond acceptors (Lipinski definition) is 6. The number of carboxylic acid groups (broad SMARTS) is 2. The molecule has 1 aromatic carbocycles. The first-order chi connectivity index (χ1) is 15.7. The Bertz CT molecular complexity index is 964. The van der Waals surface area contributed by atoms with Gasteiger partial charge in [-0.15, -0.1) is 11.3 Å². The maximum Gasteiger partial charge on any atom is 0.503 e. The smallest absolute Gasteiger partial charge is 0.493 e. The Morgan fingerprint density at radius 1 is 1.03 bits per heavy atom. The number of methoxy groups -OCH3 is 2. The molecule has 0 aliphatic heterocycles. The number of thiophene rings is 1. The van der Waals surface area contributed by atoms with E-state index in [0.717, 1.165) is 36.1 Å². The highest BCUT2D eigenvalue weighted by Crippen LogP contribution is 2.31. The minimum Gasteiger partial charge on any atom is -0.493 e. The number of hydrogen-bond donors (Lipinski definition) is 4. The van der Waals surface area contributed by atoms with Gasteiger partial charge < -0.3 is 30.3 Å². The SMILES string of the molecule is COc1ccc(CNC(=O)c2cc(C)sc2NC(=O)C2CCCCC2)cc1OC.O=C(O)O. The molecule has 1 saturated carbocycles. The van der Waals surface area contributed by atoms with Gasteiger partial charge in [-0.2, -0.15) is 0 Å². The van der Waals surface area contributed by atoms with Gasteiger partial charge in [0.2, 0.25) is 5.91 Å². The molecule has 0 bridgehead atoms. The number of rotatable bonds is 7. The van der Waals surface area contributed by atoms with E-state index >= 15 is 0 Å². The summed E-state index contributed by atoms with van der Waals surface area (Å²) in [7, 11) is 3.16. The molecule has 0 radical (unpaired) electrons. The van der Waals surface area contributed by atoms with Crippen LogP contribution in [-0.2, 0) is 11.3 Å². The Morgan fingerprint density at radius 2 is 1.67 bits per heavy atom. The summed E-state index contributed by atoms with van der Waals surface area (Å²) in [6, 6.07) is 7.35. The van der Waals surface area contributed by atoms with Crippen molar-refractivity contribution in [3.63, 3.8) is 0 Å². The van der Waals surface area contributed by atoms with Crippen LogP contribution in [0.2, 0.25) is 0 Å². The molecule has 1 aliphatic rings. The molecule has 0 saturated heterocycles. The molecule has 1 heterocycles. The maximum absolute atomic E-state index is 12.8. The van der Waals surface area contributed by atoms with Gasteiger partial charge in [0.05, 0.1) is 19.8 Å². The average molecular weight is 479 g/mol. The van der Waals surface area contributed by atoms with Crippen molar-refractivity contribution in [2.75, 3.05) is 19.5 Å². The van der Waals surface area contributed by atoms with Crippen molar-refractivity contribution in [2.45, 2.75) is 45.6 Å². The van der Waals surface area contributed by atoms with Gasteiger partial charge in [-0.3, -0.25) is 9.59 Å². The van der Waals surface area contributed by atoms with Gasteiger partial charge in [0.1, 0.15) is 5.00 Å². The summed E-state index contributed by atoms with van der Waals surface area (Å²) in [5.74, 6) is 1.13. The highest BCUT2D eigenvalue weighted by Gasteiger charge is 2.24. The number of carbonyl (C=O) groups is 3. The number of benzene rings is 1. The Morgan fingerprint density at radius 3 is 2.27 bits per heavy atom. The molecule has 0 spiro atoms. The van der Waals surface area contributed by atoms with Crippen LogP contribution in [0.25, 0.3) is 0 Å². The summed E-state index contributed by atoms with van der Waals surface area (Å²) in [6.45, 7) is 2.29. The van der Waals surface area contributed by atoms with Gasteiger partial charge in [-0.25, -0.2) is 4.79 Å². The fourth-order valence-electron chi connectivity index (χ4n) is 3.62. The van der Waals surface area contributed by atoms with Gasteiger partial charge in [0.15, 0.2) is 11.5 Å². The third-order valence-corrected chi connectivity index (χ3v) is 6.18. The molecule has 2 aromatic rings. The summed E-state index contributed by atoms with van der Waals surface area (Å²) < 4.78 is 10.5. The predicted molar refractivity (Wildman–Crippen MR) is 126 cm³/mol. The Balaban J connectivity index is 0.000000890. The standard InChI is InChI=1S/C22H28N2O4S.CH2O3/c1-14-11-17(22(29-14)24-20(25)16-7-5-4-6-8-16)21(26)23-13-15-9-10-18(27-2)19(12-15)28-3;2-1(3)4/h9-12,16H,4-8,13H2,1-3H3,(H,23,26)(H,24,25);(H2,2,3,4). The molecule has 1 aliphatic carbocycles. The largest absolute Gasteiger partial charge is 0.503 e. The van der Waals surface area contributed by atoms with Crippen LogP contribution in [0, 0.1) is 12.8 Å². The minimum atomic E-state index is -1.83. The molecule has 4 N–H and O–H groups in total. The lowest BCUT2D eigenvalue weighted by atomic mass is 9.89. The van der Waals surface area contributed by atoms with Crippen LogP contribution in [-0.4, -0.2) is 42.4 Å². The van der Waals surface area contributed by atoms with E-state index in [-0.39, 0.29) is 17.7 Å². The van der Waals surface area contributed by atoms with Crippen molar-refractivity contribution < 1.29 is 34.1 Å². The zero-order valence-corrected chi connectivity index (χ0v) is 19.8. The van der Waals surface area contributed by atoms with Crippen LogP contribution in [0.3, 0.4) is 0 Å². The van der Waals surface area contributed by atoms with E-state index in [4.69, 9.17) is 24.5 Å². The van der Waals surface area contributed by atoms with E-state index in [1.807, 2.05) is 31.2 Å². The molecule has 2 amide bonds. The van der Waals surface area contributed by atoms with E-state index in [1.54, 1.807) is 14.2 Å².